The van der Waals surface area contributed by atoms with E-state index < -0.39 is 0 Å². The third-order valence-corrected chi connectivity index (χ3v) is 4.17. The normalized spacial score (nSPS) is 18.0. The smallest absolute Gasteiger partial charge is 0.234 e. The Bertz CT molecular complexity index is 488. The fourth-order valence-electron chi connectivity index (χ4n) is 2.48. The van der Waals surface area contributed by atoms with E-state index in [1.54, 1.807) is 12.1 Å². The molecule has 2 rings (SSSR count). The molecule has 6 heteroatoms. The Hall–Kier alpha value is -0.810. The van der Waals surface area contributed by atoms with Gasteiger partial charge in [-0.1, -0.05) is 29.3 Å². The van der Waals surface area contributed by atoms with Gasteiger partial charge in [0.05, 0.1) is 12.6 Å². The number of halogens is 2. The minimum absolute atomic E-state index is 0.0235. The summed E-state index contributed by atoms with van der Waals surface area (Å²) in [7, 11) is 0. The lowest BCUT2D eigenvalue weighted by atomic mass is 10.1. The lowest BCUT2D eigenvalue weighted by Crippen LogP contribution is -2.39. The molecule has 1 fully saturated rings. The number of benzene rings is 1. The Labute approximate surface area is 135 Å². The maximum Gasteiger partial charge on any atom is 0.234 e. The Morgan fingerprint density at radius 2 is 2.19 bits per heavy atom. The van der Waals surface area contributed by atoms with Crippen molar-refractivity contribution in [2.24, 2.45) is 0 Å². The monoisotopic (exact) mass is 329 g/mol. The minimum atomic E-state index is -0.132. The highest BCUT2D eigenvalue weighted by Crippen LogP contribution is 2.25. The highest BCUT2D eigenvalue weighted by molar-refractivity contribution is 6.35. The lowest BCUT2D eigenvalue weighted by Gasteiger charge is -2.21. The van der Waals surface area contributed by atoms with Gasteiger partial charge in [-0.25, -0.2) is 0 Å². The molecule has 1 saturated heterocycles. The van der Waals surface area contributed by atoms with Crippen LogP contribution < -0.4 is 10.6 Å². The maximum absolute atomic E-state index is 12.1. The molecule has 4 nitrogen and oxygen atoms in total. The second kappa shape index (κ2) is 7.99. The Morgan fingerprint density at radius 1 is 1.38 bits per heavy atom. The largest absolute Gasteiger partial charge is 0.348 e. The van der Waals surface area contributed by atoms with Crippen molar-refractivity contribution in [2.75, 3.05) is 32.7 Å². The number of carbonyl (C=O) groups is 1. The average Bonchev–Trinajstić information content (AvgIpc) is 2.66. The van der Waals surface area contributed by atoms with E-state index in [2.05, 4.69) is 15.5 Å². The van der Waals surface area contributed by atoms with Crippen LogP contribution in [0.15, 0.2) is 18.2 Å². The summed E-state index contributed by atoms with van der Waals surface area (Å²) in [5, 5.41) is 7.50. The van der Waals surface area contributed by atoms with Gasteiger partial charge in [0.25, 0.3) is 0 Å². The Kier molecular flexibility index (Phi) is 6.30. The van der Waals surface area contributed by atoms with Crippen molar-refractivity contribution < 1.29 is 4.79 Å². The first-order valence-electron chi connectivity index (χ1n) is 7.23. The van der Waals surface area contributed by atoms with E-state index >= 15 is 0 Å². The predicted molar refractivity (Wildman–Crippen MR) is 86.9 cm³/mol. The van der Waals surface area contributed by atoms with E-state index in [1.807, 2.05) is 13.0 Å². The molecule has 0 radical (unpaired) electrons. The Balaban J connectivity index is 1.89. The molecule has 0 aliphatic carbocycles. The number of nitrogens with zero attached hydrogens (tertiary/aromatic N) is 1. The van der Waals surface area contributed by atoms with E-state index in [9.17, 15) is 4.79 Å². The first-order chi connectivity index (χ1) is 10.1. The molecule has 21 heavy (non-hydrogen) atoms. The molecular formula is C15H21Cl2N3O. The standard InChI is InChI=1S/C15H21Cl2N3O/c1-11(13-4-3-12(16)9-14(13)17)19-15(21)10-20-7-2-5-18-6-8-20/h3-4,9,11,18H,2,5-8,10H2,1H3,(H,19,21). The maximum atomic E-state index is 12.1. The van der Waals surface area contributed by atoms with Crippen LogP contribution in [0.4, 0.5) is 0 Å². The zero-order chi connectivity index (χ0) is 15.2. The fraction of sp³-hybridized carbons (Fsp3) is 0.533. The molecule has 1 atom stereocenters. The second-order valence-corrected chi connectivity index (χ2v) is 6.18. The number of rotatable bonds is 4. The topological polar surface area (TPSA) is 44.4 Å². The molecule has 0 bridgehead atoms. The minimum Gasteiger partial charge on any atom is -0.348 e. The summed E-state index contributed by atoms with van der Waals surface area (Å²) in [4.78, 5) is 14.3. The van der Waals surface area contributed by atoms with Gasteiger partial charge in [-0.05, 0) is 44.1 Å². The van der Waals surface area contributed by atoms with Crippen molar-refractivity contribution >= 4 is 29.1 Å². The number of hydrogen-bond donors (Lipinski definition) is 2. The number of nitrogens with one attached hydrogen (secondary N) is 2. The van der Waals surface area contributed by atoms with Crippen LogP contribution in [0, 0.1) is 0 Å². The van der Waals surface area contributed by atoms with Crippen LogP contribution in [0.1, 0.15) is 24.9 Å². The fourth-order valence-corrected chi connectivity index (χ4v) is 3.05. The highest BCUT2D eigenvalue weighted by Gasteiger charge is 2.16. The molecule has 0 saturated carbocycles. The third-order valence-electron chi connectivity index (χ3n) is 3.61. The van der Waals surface area contributed by atoms with Gasteiger partial charge >= 0.3 is 0 Å². The molecule has 116 valence electrons. The summed E-state index contributed by atoms with van der Waals surface area (Å²) in [6.45, 7) is 6.18. The molecule has 0 aromatic heterocycles. The summed E-state index contributed by atoms with van der Waals surface area (Å²) in [5.41, 5.74) is 0.881. The Morgan fingerprint density at radius 3 is 2.95 bits per heavy atom. The zero-order valence-corrected chi connectivity index (χ0v) is 13.7. The van der Waals surface area contributed by atoms with Gasteiger partial charge in [0.2, 0.25) is 5.91 Å². The zero-order valence-electron chi connectivity index (χ0n) is 12.2. The van der Waals surface area contributed by atoms with Crippen LogP contribution >= 0.6 is 23.2 Å². The van der Waals surface area contributed by atoms with Crippen LogP contribution in [-0.4, -0.2) is 43.5 Å². The molecule has 1 aromatic rings. The van der Waals surface area contributed by atoms with Gasteiger partial charge in [-0.2, -0.15) is 0 Å². The van der Waals surface area contributed by atoms with E-state index in [0.717, 1.165) is 38.2 Å². The van der Waals surface area contributed by atoms with E-state index in [-0.39, 0.29) is 11.9 Å². The predicted octanol–water partition coefficient (Wildman–Crippen LogP) is 2.47. The summed E-state index contributed by atoms with van der Waals surface area (Å²) in [6.07, 6.45) is 1.08. The van der Waals surface area contributed by atoms with Gasteiger partial charge in [-0.15, -0.1) is 0 Å². The van der Waals surface area contributed by atoms with E-state index in [0.29, 0.717) is 16.6 Å². The lowest BCUT2D eigenvalue weighted by molar-refractivity contribution is -0.122. The van der Waals surface area contributed by atoms with Crippen molar-refractivity contribution in [3.05, 3.63) is 33.8 Å². The first-order valence-corrected chi connectivity index (χ1v) is 7.99. The summed E-state index contributed by atoms with van der Waals surface area (Å²) in [5.74, 6) is 0.0235. The molecule has 1 aliphatic rings. The highest BCUT2D eigenvalue weighted by atomic mass is 35.5. The molecular weight excluding hydrogens is 309 g/mol. The van der Waals surface area contributed by atoms with Gasteiger partial charge in [0.1, 0.15) is 0 Å². The number of hydrogen-bond acceptors (Lipinski definition) is 3. The third kappa shape index (κ3) is 5.15. The average molecular weight is 330 g/mol. The van der Waals surface area contributed by atoms with Gasteiger partial charge < -0.3 is 10.6 Å². The molecule has 2 N–H and O–H groups in total. The summed E-state index contributed by atoms with van der Waals surface area (Å²) >= 11 is 12.1. The van der Waals surface area contributed by atoms with Crippen molar-refractivity contribution in [2.45, 2.75) is 19.4 Å². The number of amides is 1. The van der Waals surface area contributed by atoms with Crippen LogP contribution in [-0.2, 0) is 4.79 Å². The van der Waals surface area contributed by atoms with E-state index in [1.165, 1.54) is 0 Å². The van der Waals surface area contributed by atoms with Crippen LogP contribution in [0.2, 0.25) is 10.0 Å². The summed E-state index contributed by atoms with van der Waals surface area (Å²) in [6, 6.07) is 5.20. The summed E-state index contributed by atoms with van der Waals surface area (Å²) < 4.78 is 0. The quantitative estimate of drug-likeness (QED) is 0.891. The van der Waals surface area contributed by atoms with Crippen LogP contribution in [0.5, 0.6) is 0 Å². The van der Waals surface area contributed by atoms with Gasteiger partial charge in [0.15, 0.2) is 0 Å². The van der Waals surface area contributed by atoms with Crippen molar-refractivity contribution in [1.82, 2.24) is 15.5 Å². The second-order valence-electron chi connectivity index (χ2n) is 5.33. The molecule has 1 heterocycles. The number of carbonyl (C=O) groups excluding carboxylic acids is 1. The molecule has 1 aliphatic heterocycles. The molecule has 1 amide bonds. The van der Waals surface area contributed by atoms with Crippen molar-refractivity contribution in [3.8, 4) is 0 Å². The van der Waals surface area contributed by atoms with Crippen molar-refractivity contribution in [3.63, 3.8) is 0 Å². The molecule has 0 spiro atoms. The van der Waals surface area contributed by atoms with Gasteiger partial charge in [0, 0.05) is 23.1 Å². The van der Waals surface area contributed by atoms with Gasteiger partial charge in [-0.3, -0.25) is 9.69 Å². The molecule has 1 aromatic carbocycles. The van der Waals surface area contributed by atoms with Crippen molar-refractivity contribution in [1.29, 1.82) is 0 Å². The van der Waals surface area contributed by atoms with Crippen LogP contribution in [0.25, 0.3) is 0 Å². The molecule has 1 unspecified atom stereocenters. The SMILES string of the molecule is CC(NC(=O)CN1CCCNCC1)c1ccc(Cl)cc1Cl. The van der Waals surface area contributed by atoms with E-state index in [4.69, 9.17) is 23.2 Å². The van der Waals surface area contributed by atoms with Crippen LogP contribution in [0.3, 0.4) is 0 Å². The first kappa shape index (κ1) is 16.6.